The Hall–Kier alpha value is 0.289. The van der Waals surface area contributed by atoms with Crippen LogP contribution in [-0.4, -0.2) is 21.1 Å². The molecule has 2 radical (unpaired) electrons. The molecular formula is C6H13NSn. The normalized spacial score (nSPS) is 6.25. The van der Waals surface area contributed by atoms with Crippen molar-refractivity contribution in [1.29, 1.82) is 5.26 Å². The fraction of sp³-hybridized carbons (Fsp3) is 0.833. The Morgan fingerprint density at radius 2 is 1.88 bits per heavy atom. The SMILES string of the molecule is CCCC#N.[CH3][Sn][CH3]. The van der Waals surface area contributed by atoms with E-state index in [2.05, 4.69) is 9.88 Å². The van der Waals surface area contributed by atoms with E-state index in [9.17, 15) is 0 Å². The molecule has 0 aromatic heterocycles. The Morgan fingerprint density at radius 3 is 1.88 bits per heavy atom. The van der Waals surface area contributed by atoms with Crippen LogP contribution in [0.3, 0.4) is 0 Å². The molecule has 0 atom stereocenters. The van der Waals surface area contributed by atoms with Gasteiger partial charge in [-0.3, -0.25) is 0 Å². The van der Waals surface area contributed by atoms with Crippen LogP contribution in [0.2, 0.25) is 9.88 Å². The molecule has 0 aliphatic heterocycles. The summed E-state index contributed by atoms with van der Waals surface area (Å²) in [7, 11) is 0. The van der Waals surface area contributed by atoms with E-state index < -0.39 is 0 Å². The van der Waals surface area contributed by atoms with Gasteiger partial charge in [0.1, 0.15) is 0 Å². The van der Waals surface area contributed by atoms with Gasteiger partial charge in [0.15, 0.2) is 0 Å². The molecule has 46 valence electrons. The van der Waals surface area contributed by atoms with Gasteiger partial charge in [0.25, 0.3) is 0 Å². The van der Waals surface area contributed by atoms with Gasteiger partial charge in [-0.1, -0.05) is 6.92 Å². The number of unbranched alkanes of at least 4 members (excludes halogenated alkanes) is 1. The molecule has 0 aliphatic rings. The molecule has 1 nitrogen and oxygen atoms in total. The average Bonchev–Trinajstić information content (AvgIpc) is 1.71. The van der Waals surface area contributed by atoms with E-state index in [1.807, 2.05) is 13.0 Å². The minimum atomic E-state index is 0.230. The van der Waals surface area contributed by atoms with Gasteiger partial charge in [-0.25, -0.2) is 0 Å². The number of nitriles is 1. The van der Waals surface area contributed by atoms with Gasteiger partial charge >= 0.3 is 31.0 Å². The Bertz CT molecular complexity index is 56.0. The van der Waals surface area contributed by atoms with Crippen LogP contribution < -0.4 is 0 Å². The van der Waals surface area contributed by atoms with Crippen molar-refractivity contribution in [3.8, 4) is 6.07 Å². The molecule has 0 aromatic carbocycles. The molecule has 0 N–H and O–H groups in total. The number of hydrogen-bond donors (Lipinski definition) is 0. The monoisotopic (exact) mass is 219 g/mol. The Morgan fingerprint density at radius 1 is 1.50 bits per heavy atom. The second-order valence-corrected chi connectivity index (χ2v) is 4.26. The van der Waals surface area contributed by atoms with Crippen LogP contribution in [0.4, 0.5) is 0 Å². The Labute approximate surface area is 62.3 Å². The third-order valence-electron chi connectivity index (χ3n) is 0.362. The summed E-state index contributed by atoms with van der Waals surface area (Å²) in [6.45, 7) is 1.99. The maximum atomic E-state index is 7.82. The molecule has 0 aromatic rings. The third kappa shape index (κ3) is 33.6. The molecule has 0 rings (SSSR count). The van der Waals surface area contributed by atoms with Crippen LogP contribution in [0.25, 0.3) is 0 Å². The van der Waals surface area contributed by atoms with Gasteiger partial charge in [0, 0.05) is 6.42 Å². The standard InChI is InChI=1S/C4H7N.2CH3.Sn/c1-2-3-4-5;;;/h2-3H2,1H3;2*1H3;. The van der Waals surface area contributed by atoms with Crippen LogP contribution in [0, 0.1) is 11.3 Å². The Kier molecular flexibility index (Phi) is 21.8. The van der Waals surface area contributed by atoms with Gasteiger partial charge in [0.2, 0.25) is 0 Å². The van der Waals surface area contributed by atoms with Crippen molar-refractivity contribution in [2.75, 3.05) is 0 Å². The first-order valence-electron chi connectivity index (χ1n) is 2.78. The zero-order valence-electron chi connectivity index (χ0n) is 5.86. The second kappa shape index (κ2) is 15.7. The fourth-order valence-electron chi connectivity index (χ4n) is 0.112. The molecule has 0 aliphatic carbocycles. The van der Waals surface area contributed by atoms with Crippen molar-refractivity contribution in [1.82, 2.24) is 0 Å². The topological polar surface area (TPSA) is 23.8 Å². The summed E-state index contributed by atoms with van der Waals surface area (Å²) < 4.78 is 0. The van der Waals surface area contributed by atoms with Crippen molar-refractivity contribution >= 4 is 21.1 Å². The first kappa shape index (κ1) is 11.1. The quantitative estimate of drug-likeness (QED) is 0.618. The van der Waals surface area contributed by atoms with E-state index in [-0.39, 0.29) is 21.1 Å². The molecule has 0 saturated carbocycles. The summed E-state index contributed by atoms with van der Waals surface area (Å²) in [6, 6.07) is 2.02. The van der Waals surface area contributed by atoms with E-state index in [1.54, 1.807) is 0 Å². The van der Waals surface area contributed by atoms with Gasteiger partial charge in [-0.2, -0.15) is 5.26 Å². The molecule has 0 bridgehead atoms. The van der Waals surface area contributed by atoms with Crippen molar-refractivity contribution in [3.05, 3.63) is 0 Å². The van der Waals surface area contributed by atoms with Crippen molar-refractivity contribution in [3.63, 3.8) is 0 Å². The van der Waals surface area contributed by atoms with Crippen LogP contribution in [0.15, 0.2) is 0 Å². The van der Waals surface area contributed by atoms with E-state index >= 15 is 0 Å². The maximum absolute atomic E-state index is 7.82. The number of nitrogens with zero attached hydrogens (tertiary/aromatic N) is 1. The van der Waals surface area contributed by atoms with Gasteiger partial charge in [-0.05, 0) is 6.42 Å². The minimum absolute atomic E-state index is 0.230. The molecule has 0 unspecified atom stereocenters. The first-order chi connectivity index (χ1) is 3.83. The summed E-state index contributed by atoms with van der Waals surface area (Å²) in [5.74, 6) is 0. The van der Waals surface area contributed by atoms with Gasteiger partial charge in [-0.15, -0.1) is 0 Å². The van der Waals surface area contributed by atoms with Crippen LogP contribution in [-0.2, 0) is 0 Å². The Balaban J connectivity index is 0. The van der Waals surface area contributed by atoms with Crippen molar-refractivity contribution in [2.24, 2.45) is 0 Å². The van der Waals surface area contributed by atoms with E-state index in [0.717, 1.165) is 6.42 Å². The van der Waals surface area contributed by atoms with Crippen molar-refractivity contribution in [2.45, 2.75) is 29.6 Å². The molecule has 2 heteroatoms. The van der Waals surface area contributed by atoms with Crippen molar-refractivity contribution < 1.29 is 0 Å². The second-order valence-electron chi connectivity index (χ2n) is 1.41. The van der Waals surface area contributed by atoms with E-state index in [1.165, 1.54) is 0 Å². The number of rotatable bonds is 1. The van der Waals surface area contributed by atoms with Gasteiger partial charge in [0.05, 0.1) is 6.07 Å². The molecule has 0 heterocycles. The van der Waals surface area contributed by atoms with E-state index in [0.29, 0.717) is 6.42 Å². The zero-order chi connectivity index (χ0) is 6.83. The molecule has 0 amide bonds. The summed E-state index contributed by atoms with van der Waals surface area (Å²) in [4.78, 5) is 4.59. The average molecular weight is 218 g/mol. The molecule has 0 fully saturated rings. The predicted octanol–water partition coefficient (Wildman–Crippen LogP) is 2.10. The predicted molar refractivity (Wildman–Crippen MR) is 38.0 cm³/mol. The molecule has 8 heavy (non-hydrogen) atoms. The van der Waals surface area contributed by atoms with Gasteiger partial charge < -0.3 is 0 Å². The van der Waals surface area contributed by atoms with Crippen LogP contribution in [0.1, 0.15) is 19.8 Å². The molecule has 0 spiro atoms. The third-order valence-corrected chi connectivity index (χ3v) is 0.362. The van der Waals surface area contributed by atoms with E-state index in [4.69, 9.17) is 5.26 Å². The number of hydrogen-bond acceptors (Lipinski definition) is 1. The van der Waals surface area contributed by atoms with Crippen LogP contribution in [0.5, 0.6) is 0 Å². The fourth-order valence-corrected chi connectivity index (χ4v) is 0.112. The zero-order valence-corrected chi connectivity index (χ0v) is 8.72. The summed E-state index contributed by atoms with van der Waals surface area (Å²) in [6.07, 6.45) is 1.68. The molecule has 0 saturated heterocycles. The molecular weight excluding hydrogens is 205 g/mol. The van der Waals surface area contributed by atoms with Crippen LogP contribution >= 0.6 is 0 Å². The summed E-state index contributed by atoms with van der Waals surface area (Å²) in [5, 5.41) is 7.82. The summed E-state index contributed by atoms with van der Waals surface area (Å²) >= 11 is 0.230. The first-order valence-corrected chi connectivity index (χ1v) is 8.49. The summed E-state index contributed by atoms with van der Waals surface area (Å²) in [5.41, 5.74) is 0.